The Morgan fingerprint density at radius 2 is 1.90 bits per heavy atom. The van der Waals surface area contributed by atoms with Crippen LogP contribution in [0.2, 0.25) is 0 Å². The SMILES string of the molecule is C/C(C(N)=O)=C(/Nc1ccnc(CO)c1)SC(C)c1c(F)cc(C(C)(C)O)cc1F. The van der Waals surface area contributed by atoms with Crippen LogP contribution >= 0.6 is 11.8 Å². The van der Waals surface area contributed by atoms with Crippen LogP contribution in [-0.4, -0.2) is 21.1 Å². The van der Waals surface area contributed by atoms with Crippen LogP contribution in [-0.2, 0) is 17.0 Å². The van der Waals surface area contributed by atoms with E-state index in [2.05, 4.69) is 10.3 Å². The van der Waals surface area contributed by atoms with Crippen LogP contribution in [0.1, 0.15) is 49.8 Å². The topological polar surface area (TPSA) is 108 Å². The van der Waals surface area contributed by atoms with E-state index in [1.54, 1.807) is 19.1 Å². The summed E-state index contributed by atoms with van der Waals surface area (Å²) in [7, 11) is 0. The number of nitrogens with one attached hydrogen (secondary N) is 1. The lowest BCUT2D eigenvalue weighted by molar-refractivity contribution is -0.114. The number of aliphatic hydroxyl groups excluding tert-OH is 1. The van der Waals surface area contributed by atoms with E-state index in [0.29, 0.717) is 16.4 Å². The number of benzene rings is 1. The van der Waals surface area contributed by atoms with Crippen LogP contribution in [0.15, 0.2) is 41.1 Å². The minimum absolute atomic E-state index is 0.119. The third kappa shape index (κ3) is 5.78. The molecular weight excluding hydrogens is 412 g/mol. The Labute approximate surface area is 178 Å². The Morgan fingerprint density at radius 1 is 1.30 bits per heavy atom. The lowest BCUT2D eigenvalue weighted by atomic mass is 9.96. The molecule has 0 spiro atoms. The van der Waals surface area contributed by atoms with E-state index in [1.807, 2.05) is 0 Å². The molecule has 0 aliphatic rings. The van der Waals surface area contributed by atoms with Gasteiger partial charge in [0.2, 0.25) is 5.91 Å². The van der Waals surface area contributed by atoms with Gasteiger partial charge in [-0.15, -0.1) is 0 Å². The Hall–Kier alpha value is -2.49. The lowest BCUT2D eigenvalue weighted by Gasteiger charge is -2.22. The van der Waals surface area contributed by atoms with Gasteiger partial charge >= 0.3 is 0 Å². The van der Waals surface area contributed by atoms with Crippen molar-refractivity contribution in [2.45, 2.75) is 45.2 Å². The summed E-state index contributed by atoms with van der Waals surface area (Å²) in [6.45, 7) is 5.71. The molecule has 2 rings (SSSR count). The Balaban J connectivity index is 2.39. The van der Waals surface area contributed by atoms with Crippen molar-refractivity contribution in [3.63, 3.8) is 0 Å². The molecule has 30 heavy (non-hydrogen) atoms. The van der Waals surface area contributed by atoms with Crippen molar-refractivity contribution >= 4 is 23.4 Å². The van der Waals surface area contributed by atoms with Crippen LogP contribution in [0.3, 0.4) is 0 Å². The van der Waals surface area contributed by atoms with Gasteiger partial charge in [0.1, 0.15) is 11.6 Å². The number of primary amides is 1. The molecule has 0 bridgehead atoms. The number of nitrogens with zero attached hydrogens (tertiary/aromatic N) is 1. The first-order chi connectivity index (χ1) is 13.9. The van der Waals surface area contributed by atoms with Crippen LogP contribution in [0.4, 0.5) is 14.5 Å². The maximum atomic E-state index is 14.7. The molecule has 162 valence electrons. The summed E-state index contributed by atoms with van der Waals surface area (Å²) in [5.74, 6) is -2.28. The molecular formula is C21H25F2N3O3S. The Morgan fingerprint density at radius 3 is 2.40 bits per heavy atom. The molecule has 0 radical (unpaired) electrons. The lowest BCUT2D eigenvalue weighted by Crippen LogP contribution is -2.18. The number of pyridine rings is 1. The number of aliphatic hydroxyl groups is 2. The number of carbonyl (C=O) groups excluding carboxylic acids is 1. The zero-order valence-corrected chi connectivity index (χ0v) is 18.0. The average molecular weight is 438 g/mol. The van der Waals surface area contributed by atoms with Gasteiger partial charge in [-0.1, -0.05) is 11.8 Å². The molecule has 1 aromatic heterocycles. The van der Waals surface area contributed by atoms with Crippen molar-refractivity contribution in [1.82, 2.24) is 4.98 Å². The first-order valence-corrected chi connectivity index (χ1v) is 10.0. The van der Waals surface area contributed by atoms with Crippen molar-refractivity contribution in [2.75, 3.05) is 5.32 Å². The second kappa shape index (κ2) is 9.55. The van der Waals surface area contributed by atoms with Gasteiger partial charge < -0.3 is 21.3 Å². The monoisotopic (exact) mass is 437 g/mol. The van der Waals surface area contributed by atoms with Crippen LogP contribution in [0, 0.1) is 11.6 Å². The number of thioether (sulfide) groups is 1. The maximum absolute atomic E-state index is 14.7. The average Bonchev–Trinajstić information content (AvgIpc) is 2.65. The first-order valence-electron chi connectivity index (χ1n) is 9.16. The number of rotatable bonds is 8. The highest BCUT2D eigenvalue weighted by Gasteiger charge is 2.25. The summed E-state index contributed by atoms with van der Waals surface area (Å²) in [4.78, 5) is 15.7. The van der Waals surface area contributed by atoms with Crippen molar-refractivity contribution in [3.8, 4) is 0 Å². The first kappa shape index (κ1) is 23.8. The number of amides is 1. The molecule has 9 heteroatoms. The molecule has 0 aliphatic carbocycles. The Kier molecular flexibility index (Phi) is 7.57. The zero-order chi connectivity index (χ0) is 22.6. The minimum Gasteiger partial charge on any atom is -0.390 e. The van der Waals surface area contributed by atoms with Crippen molar-refractivity contribution in [3.05, 3.63) is 69.5 Å². The predicted octanol–water partition coefficient (Wildman–Crippen LogP) is 3.70. The van der Waals surface area contributed by atoms with Crippen molar-refractivity contribution < 1.29 is 23.8 Å². The summed E-state index contributed by atoms with van der Waals surface area (Å²) in [6.07, 6.45) is 1.48. The standard InChI is InChI=1S/C21H25F2N3O3S/c1-11(19(24)28)20(26-14-5-6-25-15(9-14)10-27)30-12(2)18-16(22)7-13(8-17(18)23)21(3,4)29/h5-9,12,27,29H,10H2,1-4H3,(H2,24,28)(H,25,26)/b20-11+. The minimum atomic E-state index is -1.39. The summed E-state index contributed by atoms with van der Waals surface area (Å²) < 4.78 is 29.4. The van der Waals surface area contributed by atoms with Crippen LogP contribution in [0.25, 0.3) is 0 Å². The molecule has 1 atom stereocenters. The number of halogens is 2. The van der Waals surface area contributed by atoms with Gasteiger partial charge in [0.15, 0.2) is 0 Å². The van der Waals surface area contributed by atoms with E-state index in [4.69, 9.17) is 5.73 Å². The molecule has 1 amide bonds. The number of hydrogen-bond acceptors (Lipinski definition) is 6. The largest absolute Gasteiger partial charge is 0.390 e. The van der Waals surface area contributed by atoms with E-state index in [9.17, 15) is 23.8 Å². The molecule has 1 unspecified atom stereocenters. The highest BCUT2D eigenvalue weighted by molar-refractivity contribution is 8.03. The fourth-order valence-electron chi connectivity index (χ4n) is 2.66. The van der Waals surface area contributed by atoms with E-state index >= 15 is 0 Å². The van der Waals surface area contributed by atoms with E-state index < -0.39 is 28.4 Å². The fourth-order valence-corrected chi connectivity index (χ4v) is 3.81. The quantitative estimate of drug-likeness (QED) is 0.469. The molecule has 1 aromatic carbocycles. The summed E-state index contributed by atoms with van der Waals surface area (Å²) >= 11 is 1.03. The normalized spacial score (nSPS) is 13.6. The predicted molar refractivity (Wildman–Crippen MR) is 113 cm³/mol. The highest BCUT2D eigenvalue weighted by atomic mass is 32.2. The number of carbonyl (C=O) groups is 1. The second-order valence-electron chi connectivity index (χ2n) is 7.31. The van der Waals surface area contributed by atoms with Crippen LogP contribution in [0.5, 0.6) is 0 Å². The van der Waals surface area contributed by atoms with Crippen molar-refractivity contribution in [2.24, 2.45) is 5.73 Å². The van der Waals surface area contributed by atoms with E-state index in [0.717, 1.165) is 23.9 Å². The zero-order valence-electron chi connectivity index (χ0n) is 17.2. The highest BCUT2D eigenvalue weighted by Crippen LogP contribution is 2.39. The summed E-state index contributed by atoms with van der Waals surface area (Å²) in [6, 6.07) is 5.41. The molecule has 6 nitrogen and oxygen atoms in total. The molecule has 0 aliphatic heterocycles. The molecule has 2 aromatic rings. The maximum Gasteiger partial charge on any atom is 0.246 e. The summed E-state index contributed by atoms with van der Waals surface area (Å²) in [5.41, 5.74) is 5.08. The molecule has 0 saturated carbocycles. The number of anilines is 1. The van der Waals surface area contributed by atoms with Gasteiger partial charge in [-0.25, -0.2) is 8.78 Å². The van der Waals surface area contributed by atoms with E-state index in [1.165, 1.54) is 27.0 Å². The van der Waals surface area contributed by atoms with Gasteiger partial charge in [-0.2, -0.15) is 0 Å². The van der Waals surface area contributed by atoms with E-state index in [-0.39, 0.29) is 23.3 Å². The molecule has 0 fully saturated rings. The number of aromatic nitrogens is 1. The number of hydrogen-bond donors (Lipinski definition) is 4. The molecule has 5 N–H and O–H groups in total. The van der Waals surface area contributed by atoms with Gasteiger partial charge in [0.05, 0.1) is 22.9 Å². The van der Waals surface area contributed by atoms with Crippen LogP contribution < -0.4 is 11.1 Å². The Bertz CT molecular complexity index is 951. The van der Waals surface area contributed by atoms with Crippen molar-refractivity contribution in [1.29, 1.82) is 0 Å². The number of nitrogens with two attached hydrogens (primary N) is 1. The summed E-state index contributed by atoms with van der Waals surface area (Å²) in [5, 5.41) is 21.9. The third-order valence-electron chi connectivity index (χ3n) is 4.43. The third-order valence-corrected chi connectivity index (χ3v) is 5.67. The van der Waals surface area contributed by atoms with Gasteiger partial charge in [-0.05, 0) is 57.5 Å². The molecule has 1 heterocycles. The second-order valence-corrected chi connectivity index (χ2v) is 8.66. The smallest absolute Gasteiger partial charge is 0.246 e. The van der Waals surface area contributed by atoms with Gasteiger partial charge in [-0.3, -0.25) is 9.78 Å². The van der Waals surface area contributed by atoms with Gasteiger partial charge in [0.25, 0.3) is 0 Å². The molecule has 0 saturated heterocycles. The van der Waals surface area contributed by atoms with Gasteiger partial charge in [0, 0.05) is 28.3 Å². The fraction of sp³-hybridized carbons (Fsp3) is 0.333.